The summed E-state index contributed by atoms with van der Waals surface area (Å²) in [7, 11) is -3.36. The predicted molar refractivity (Wildman–Crippen MR) is 110 cm³/mol. The largest absolute Gasteiger partial charge is 0.284 e. The first-order valence-electron chi connectivity index (χ1n) is 8.92. The van der Waals surface area contributed by atoms with E-state index in [-0.39, 0.29) is 5.82 Å². The third-order valence-corrected chi connectivity index (χ3v) is 5.28. The Morgan fingerprint density at radius 2 is 1.89 bits per heavy atom. The number of aryl methyl sites for hydroxylation is 2. The lowest BCUT2D eigenvalue weighted by Gasteiger charge is -2.12. The second-order valence-corrected chi connectivity index (χ2v) is 8.61. The molecule has 2 aromatic carbocycles. The fourth-order valence-corrected chi connectivity index (χ4v) is 4.10. The van der Waals surface area contributed by atoms with Gasteiger partial charge in [-0.25, -0.2) is 12.8 Å². The zero-order valence-corrected chi connectivity index (χ0v) is 16.1. The highest BCUT2D eigenvalue weighted by Gasteiger charge is 2.19. The van der Waals surface area contributed by atoms with Gasteiger partial charge in [-0.3, -0.25) is 9.71 Å². The number of fused-ring (bicyclic) bond motifs is 2. The van der Waals surface area contributed by atoms with E-state index in [0.29, 0.717) is 12.1 Å². The van der Waals surface area contributed by atoms with Crippen LogP contribution in [0.5, 0.6) is 0 Å². The highest BCUT2D eigenvalue weighted by molar-refractivity contribution is 7.92. The van der Waals surface area contributed by atoms with Crippen molar-refractivity contribution in [3.05, 3.63) is 94.6 Å². The Kier molecular flexibility index (Phi) is 4.73. The Bertz CT molecular complexity index is 1190. The van der Waals surface area contributed by atoms with Crippen LogP contribution in [0.3, 0.4) is 0 Å². The van der Waals surface area contributed by atoms with E-state index in [4.69, 9.17) is 0 Å². The second kappa shape index (κ2) is 7.20. The van der Waals surface area contributed by atoms with E-state index in [1.807, 2.05) is 24.3 Å². The summed E-state index contributed by atoms with van der Waals surface area (Å²) >= 11 is 0. The monoisotopic (exact) mass is 394 g/mol. The maximum Gasteiger partial charge on any atom is 0.229 e. The number of sulfonamides is 1. The standard InChI is InChI=1S/C22H19FN2O2S/c1-28(26,27)25-18-5-2-4-15(12-18)13-21-19-9-8-17(23)14-16(19)7-10-22-20(21)6-3-11-24-22/h2-6,8-9,11-14,25H,7,10H2,1H3. The Hall–Kier alpha value is -2.99. The molecule has 4 nitrogen and oxygen atoms in total. The summed E-state index contributed by atoms with van der Waals surface area (Å²) in [4.78, 5) is 4.52. The van der Waals surface area contributed by atoms with E-state index in [2.05, 4.69) is 9.71 Å². The van der Waals surface area contributed by atoms with E-state index in [1.54, 1.807) is 36.5 Å². The summed E-state index contributed by atoms with van der Waals surface area (Å²) in [6.45, 7) is 0. The van der Waals surface area contributed by atoms with Gasteiger partial charge in [-0.1, -0.05) is 24.3 Å². The van der Waals surface area contributed by atoms with Crippen LogP contribution in [0, 0.1) is 5.82 Å². The molecule has 0 aliphatic heterocycles. The van der Waals surface area contributed by atoms with Crippen molar-refractivity contribution in [3.8, 4) is 0 Å². The van der Waals surface area contributed by atoms with Gasteiger partial charge in [0.25, 0.3) is 0 Å². The third-order valence-electron chi connectivity index (χ3n) is 4.67. The first-order chi connectivity index (χ1) is 13.4. The Morgan fingerprint density at radius 3 is 2.71 bits per heavy atom. The smallest absolute Gasteiger partial charge is 0.229 e. The molecular formula is C22H19FN2O2S. The average Bonchev–Trinajstić information content (AvgIpc) is 2.78. The summed E-state index contributed by atoms with van der Waals surface area (Å²) < 4.78 is 39.4. The lowest BCUT2D eigenvalue weighted by molar-refractivity contribution is 0.607. The minimum absolute atomic E-state index is 0.253. The van der Waals surface area contributed by atoms with Crippen LogP contribution in [0.15, 0.2) is 60.8 Å². The average molecular weight is 394 g/mol. The van der Waals surface area contributed by atoms with Crippen LogP contribution >= 0.6 is 0 Å². The van der Waals surface area contributed by atoms with Crippen molar-refractivity contribution in [3.63, 3.8) is 0 Å². The number of anilines is 1. The molecule has 0 amide bonds. The topological polar surface area (TPSA) is 59.1 Å². The maximum atomic E-state index is 13.8. The molecule has 28 heavy (non-hydrogen) atoms. The first kappa shape index (κ1) is 18.4. The Balaban J connectivity index is 1.88. The quantitative estimate of drug-likeness (QED) is 0.721. The molecule has 0 radical (unpaired) electrons. The van der Waals surface area contributed by atoms with Crippen molar-refractivity contribution in [1.82, 2.24) is 4.98 Å². The van der Waals surface area contributed by atoms with Crippen LogP contribution < -0.4 is 4.72 Å². The van der Waals surface area contributed by atoms with Gasteiger partial charge in [-0.15, -0.1) is 0 Å². The molecule has 6 heteroatoms. The van der Waals surface area contributed by atoms with Crippen molar-refractivity contribution in [2.24, 2.45) is 0 Å². The van der Waals surface area contributed by atoms with Gasteiger partial charge in [0, 0.05) is 23.1 Å². The molecule has 1 heterocycles. The molecule has 0 saturated heterocycles. The molecule has 0 bridgehead atoms. The van der Waals surface area contributed by atoms with Crippen molar-refractivity contribution in [1.29, 1.82) is 0 Å². The number of aromatic nitrogens is 1. The van der Waals surface area contributed by atoms with E-state index in [0.717, 1.165) is 46.2 Å². The lowest BCUT2D eigenvalue weighted by Crippen LogP contribution is -2.09. The maximum absolute atomic E-state index is 13.8. The van der Waals surface area contributed by atoms with Gasteiger partial charge in [-0.05, 0) is 71.5 Å². The summed E-state index contributed by atoms with van der Waals surface area (Å²) in [6.07, 6.45) is 6.33. The van der Waals surface area contributed by atoms with Crippen molar-refractivity contribution >= 4 is 27.4 Å². The SMILES string of the molecule is CS(=O)(=O)Nc1cccc(C=C2c3ccc(F)cc3CCc3ncccc32)c1. The Morgan fingerprint density at radius 1 is 1.04 bits per heavy atom. The minimum atomic E-state index is -3.36. The number of hydrogen-bond acceptors (Lipinski definition) is 3. The molecule has 1 aliphatic rings. The molecule has 4 rings (SSSR count). The van der Waals surface area contributed by atoms with Crippen LogP contribution in [0.25, 0.3) is 11.6 Å². The molecule has 142 valence electrons. The highest BCUT2D eigenvalue weighted by atomic mass is 32.2. The summed E-state index contributed by atoms with van der Waals surface area (Å²) in [5.41, 5.74) is 6.17. The van der Waals surface area contributed by atoms with Crippen LogP contribution in [0.4, 0.5) is 10.1 Å². The summed E-state index contributed by atoms with van der Waals surface area (Å²) in [5, 5.41) is 0. The number of nitrogens with zero attached hydrogens (tertiary/aromatic N) is 1. The van der Waals surface area contributed by atoms with Gasteiger partial charge >= 0.3 is 0 Å². The minimum Gasteiger partial charge on any atom is -0.284 e. The lowest BCUT2D eigenvalue weighted by atomic mass is 9.93. The third kappa shape index (κ3) is 3.97. The van der Waals surface area contributed by atoms with E-state index in [9.17, 15) is 12.8 Å². The molecule has 0 fully saturated rings. The molecule has 1 aromatic heterocycles. The first-order valence-corrected chi connectivity index (χ1v) is 10.8. The van der Waals surface area contributed by atoms with Crippen molar-refractivity contribution < 1.29 is 12.8 Å². The molecule has 0 saturated carbocycles. The van der Waals surface area contributed by atoms with Gasteiger partial charge < -0.3 is 0 Å². The molecule has 3 aromatic rings. The fourth-order valence-electron chi connectivity index (χ4n) is 3.54. The molecule has 1 aliphatic carbocycles. The van der Waals surface area contributed by atoms with Crippen LogP contribution in [-0.2, 0) is 22.9 Å². The van der Waals surface area contributed by atoms with Gasteiger partial charge in [0.05, 0.1) is 6.26 Å². The number of rotatable bonds is 3. The molecule has 0 spiro atoms. The molecule has 0 unspecified atom stereocenters. The molecular weight excluding hydrogens is 375 g/mol. The van der Waals surface area contributed by atoms with Gasteiger partial charge in [-0.2, -0.15) is 0 Å². The summed E-state index contributed by atoms with van der Waals surface area (Å²) in [6, 6.07) is 15.9. The second-order valence-electron chi connectivity index (χ2n) is 6.86. The van der Waals surface area contributed by atoms with E-state index in [1.165, 1.54) is 6.07 Å². The van der Waals surface area contributed by atoms with Crippen molar-refractivity contribution in [2.75, 3.05) is 11.0 Å². The van der Waals surface area contributed by atoms with E-state index < -0.39 is 10.0 Å². The normalized spacial score (nSPS) is 14.9. The summed E-state index contributed by atoms with van der Waals surface area (Å²) in [5.74, 6) is -0.253. The van der Waals surface area contributed by atoms with Crippen LogP contribution in [-0.4, -0.2) is 19.7 Å². The van der Waals surface area contributed by atoms with Crippen LogP contribution in [0.2, 0.25) is 0 Å². The number of halogens is 1. The van der Waals surface area contributed by atoms with Crippen molar-refractivity contribution in [2.45, 2.75) is 12.8 Å². The number of benzene rings is 2. The fraction of sp³-hybridized carbons (Fsp3) is 0.136. The Labute approximate surface area is 163 Å². The zero-order valence-electron chi connectivity index (χ0n) is 15.3. The van der Waals surface area contributed by atoms with Gasteiger partial charge in [0.15, 0.2) is 0 Å². The number of nitrogens with one attached hydrogen (secondary N) is 1. The number of hydrogen-bond donors (Lipinski definition) is 1. The molecule has 1 N–H and O–H groups in total. The predicted octanol–water partition coefficient (Wildman–Crippen LogP) is 4.28. The van der Waals surface area contributed by atoms with Gasteiger partial charge in [0.2, 0.25) is 10.0 Å². The van der Waals surface area contributed by atoms with E-state index >= 15 is 0 Å². The number of pyridine rings is 1. The molecule has 0 atom stereocenters. The van der Waals surface area contributed by atoms with Crippen LogP contribution in [0.1, 0.15) is 27.9 Å². The highest BCUT2D eigenvalue weighted by Crippen LogP contribution is 2.34. The van der Waals surface area contributed by atoms with Gasteiger partial charge in [0.1, 0.15) is 5.82 Å². The zero-order chi connectivity index (χ0) is 19.7.